The molecule has 3 amide bonds. The molecule has 6 nitrogen and oxygen atoms in total. The minimum atomic E-state index is -0.375. The summed E-state index contributed by atoms with van der Waals surface area (Å²) in [6.07, 6.45) is 0.670. The van der Waals surface area contributed by atoms with Crippen LogP contribution < -0.4 is 10.1 Å². The smallest absolute Gasteiger partial charge is 0.321 e. The Kier molecular flexibility index (Phi) is 6.88. The Balaban J connectivity index is 1.31. The normalized spacial score (nSPS) is 13.9. The molecule has 1 fully saturated rings. The molecule has 0 saturated carbocycles. The number of rotatable bonds is 4. The van der Waals surface area contributed by atoms with Crippen LogP contribution in [0.4, 0.5) is 14.9 Å². The van der Waals surface area contributed by atoms with Crippen molar-refractivity contribution in [1.29, 1.82) is 0 Å². The Labute approximate surface area is 192 Å². The van der Waals surface area contributed by atoms with Gasteiger partial charge in [0.2, 0.25) is 0 Å². The van der Waals surface area contributed by atoms with Crippen molar-refractivity contribution in [3.05, 3.63) is 89.7 Å². The van der Waals surface area contributed by atoms with Gasteiger partial charge in [-0.15, -0.1) is 0 Å². The van der Waals surface area contributed by atoms with Gasteiger partial charge in [-0.25, -0.2) is 9.18 Å². The van der Waals surface area contributed by atoms with Gasteiger partial charge in [-0.3, -0.25) is 4.79 Å². The summed E-state index contributed by atoms with van der Waals surface area (Å²) in [5.41, 5.74) is 2.23. The molecule has 0 unspecified atom stereocenters. The van der Waals surface area contributed by atoms with E-state index in [0.717, 1.165) is 11.3 Å². The van der Waals surface area contributed by atoms with Gasteiger partial charge in [0.05, 0.1) is 0 Å². The van der Waals surface area contributed by atoms with Gasteiger partial charge in [-0.2, -0.15) is 0 Å². The van der Waals surface area contributed by atoms with Crippen LogP contribution in [-0.4, -0.2) is 47.9 Å². The van der Waals surface area contributed by atoms with Gasteiger partial charge in [0.1, 0.15) is 17.3 Å². The lowest BCUT2D eigenvalue weighted by Crippen LogP contribution is -2.39. The molecule has 3 aromatic rings. The summed E-state index contributed by atoms with van der Waals surface area (Å²) < 4.78 is 19.0. The molecule has 1 aliphatic heterocycles. The predicted octanol–water partition coefficient (Wildman–Crippen LogP) is 5.31. The first kappa shape index (κ1) is 22.3. The van der Waals surface area contributed by atoms with Crippen molar-refractivity contribution in [2.24, 2.45) is 0 Å². The number of hydrogen-bond donors (Lipinski definition) is 1. The minimum absolute atomic E-state index is 0.151. The number of benzene rings is 3. The molecule has 33 heavy (non-hydrogen) atoms. The van der Waals surface area contributed by atoms with Crippen molar-refractivity contribution in [2.75, 3.05) is 31.5 Å². The molecule has 170 valence electrons. The lowest BCUT2D eigenvalue weighted by atomic mass is 10.2. The number of hydrogen-bond acceptors (Lipinski definition) is 3. The van der Waals surface area contributed by atoms with Crippen LogP contribution in [0.3, 0.4) is 0 Å². The van der Waals surface area contributed by atoms with Crippen molar-refractivity contribution in [3.8, 4) is 11.5 Å². The number of carbonyl (C=O) groups is 2. The molecule has 1 saturated heterocycles. The third-order valence-electron chi connectivity index (χ3n) is 5.49. The van der Waals surface area contributed by atoms with Gasteiger partial charge in [0.25, 0.3) is 5.91 Å². The topological polar surface area (TPSA) is 61.9 Å². The van der Waals surface area contributed by atoms with E-state index in [1.165, 1.54) is 24.3 Å². The zero-order valence-electron chi connectivity index (χ0n) is 18.5. The Morgan fingerprint density at radius 2 is 1.55 bits per heavy atom. The maximum absolute atomic E-state index is 13.1. The highest BCUT2D eigenvalue weighted by molar-refractivity contribution is 5.94. The fourth-order valence-electron chi connectivity index (χ4n) is 3.72. The largest absolute Gasteiger partial charge is 0.457 e. The highest BCUT2D eigenvalue weighted by Crippen LogP contribution is 2.24. The molecule has 1 N–H and O–H groups in total. The molecule has 0 aromatic heterocycles. The molecule has 1 aliphatic rings. The van der Waals surface area contributed by atoms with E-state index in [9.17, 15) is 14.0 Å². The number of carbonyl (C=O) groups excluding carboxylic acids is 2. The molecule has 0 radical (unpaired) electrons. The zero-order valence-corrected chi connectivity index (χ0v) is 18.5. The third kappa shape index (κ3) is 5.88. The highest BCUT2D eigenvalue weighted by Gasteiger charge is 2.23. The van der Waals surface area contributed by atoms with Crippen LogP contribution in [0, 0.1) is 12.7 Å². The lowest BCUT2D eigenvalue weighted by molar-refractivity contribution is 0.0762. The summed E-state index contributed by atoms with van der Waals surface area (Å²) in [5, 5.41) is 2.91. The van der Waals surface area contributed by atoms with E-state index in [0.29, 0.717) is 49.6 Å². The summed E-state index contributed by atoms with van der Waals surface area (Å²) >= 11 is 0. The first-order chi connectivity index (χ1) is 16.0. The Bertz CT molecular complexity index is 1120. The molecule has 1 heterocycles. The predicted molar refractivity (Wildman–Crippen MR) is 125 cm³/mol. The van der Waals surface area contributed by atoms with Gasteiger partial charge in [0.15, 0.2) is 0 Å². The lowest BCUT2D eigenvalue weighted by Gasteiger charge is -2.22. The zero-order chi connectivity index (χ0) is 23.2. The Hall–Kier alpha value is -3.87. The van der Waals surface area contributed by atoms with E-state index in [1.807, 2.05) is 43.3 Å². The molecular formula is C26H26FN3O3. The molecular weight excluding hydrogens is 421 g/mol. The van der Waals surface area contributed by atoms with Crippen LogP contribution in [-0.2, 0) is 0 Å². The average Bonchev–Trinajstić information content (AvgIpc) is 3.07. The van der Waals surface area contributed by atoms with Crippen LogP contribution in [0.5, 0.6) is 11.5 Å². The minimum Gasteiger partial charge on any atom is -0.457 e. The monoisotopic (exact) mass is 447 g/mol. The number of aryl methyl sites for hydroxylation is 1. The van der Waals surface area contributed by atoms with E-state index in [-0.39, 0.29) is 17.8 Å². The number of nitrogens with one attached hydrogen (secondary N) is 1. The summed E-state index contributed by atoms with van der Waals surface area (Å²) in [7, 11) is 0. The van der Waals surface area contributed by atoms with E-state index >= 15 is 0 Å². The number of ether oxygens (including phenoxy) is 1. The number of amides is 3. The van der Waals surface area contributed by atoms with Crippen molar-refractivity contribution in [1.82, 2.24) is 9.80 Å². The number of halogens is 1. The third-order valence-corrected chi connectivity index (χ3v) is 5.49. The van der Waals surface area contributed by atoms with Crippen molar-refractivity contribution >= 4 is 17.6 Å². The SMILES string of the molecule is Cc1cccc(Oc2ccc(NC(=O)N3CCCN(C(=O)c4ccc(F)cc4)CC3)cc2)c1. The molecule has 0 spiro atoms. The number of nitrogens with zero attached hydrogens (tertiary/aromatic N) is 2. The second kappa shape index (κ2) is 10.2. The summed E-state index contributed by atoms with van der Waals surface area (Å²) in [4.78, 5) is 28.9. The van der Waals surface area contributed by atoms with E-state index in [4.69, 9.17) is 4.74 Å². The fraction of sp³-hybridized carbons (Fsp3) is 0.231. The molecule has 0 atom stereocenters. The number of urea groups is 1. The Morgan fingerprint density at radius 1 is 0.848 bits per heavy atom. The van der Waals surface area contributed by atoms with E-state index < -0.39 is 0 Å². The van der Waals surface area contributed by atoms with Crippen molar-refractivity contribution in [2.45, 2.75) is 13.3 Å². The second-order valence-electron chi connectivity index (χ2n) is 8.01. The van der Waals surface area contributed by atoms with Crippen LogP contribution in [0.1, 0.15) is 22.3 Å². The number of anilines is 1. The quantitative estimate of drug-likeness (QED) is 0.590. The molecule has 7 heteroatoms. The summed E-state index contributed by atoms with van der Waals surface area (Å²) in [6, 6.07) is 20.3. The second-order valence-corrected chi connectivity index (χ2v) is 8.01. The van der Waals surface area contributed by atoms with Crippen LogP contribution in [0.25, 0.3) is 0 Å². The van der Waals surface area contributed by atoms with Gasteiger partial charge in [-0.05, 0) is 79.6 Å². The van der Waals surface area contributed by atoms with Gasteiger partial charge in [0, 0.05) is 37.4 Å². The Morgan fingerprint density at radius 3 is 2.27 bits per heavy atom. The van der Waals surface area contributed by atoms with Crippen molar-refractivity contribution < 1.29 is 18.7 Å². The first-order valence-electron chi connectivity index (χ1n) is 10.9. The van der Waals surface area contributed by atoms with E-state index in [1.54, 1.807) is 21.9 Å². The van der Waals surface area contributed by atoms with Crippen LogP contribution in [0.15, 0.2) is 72.8 Å². The highest BCUT2D eigenvalue weighted by atomic mass is 19.1. The molecule has 0 aliphatic carbocycles. The molecule has 4 rings (SSSR count). The van der Waals surface area contributed by atoms with Crippen LogP contribution >= 0.6 is 0 Å². The van der Waals surface area contributed by atoms with Crippen molar-refractivity contribution in [3.63, 3.8) is 0 Å². The van der Waals surface area contributed by atoms with Gasteiger partial charge < -0.3 is 19.9 Å². The summed E-state index contributed by atoms with van der Waals surface area (Å²) in [5.74, 6) is 0.917. The molecule has 3 aromatic carbocycles. The average molecular weight is 448 g/mol. The van der Waals surface area contributed by atoms with Crippen LogP contribution in [0.2, 0.25) is 0 Å². The fourth-order valence-corrected chi connectivity index (χ4v) is 3.72. The standard InChI is InChI=1S/C26H26FN3O3/c1-19-4-2-5-24(18-19)33-23-12-10-22(11-13-23)28-26(32)30-15-3-14-29(16-17-30)25(31)20-6-8-21(27)9-7-20/h2,4-13,18H,3,14-17H2,1H3,(H,28,32). The molecule has 0 bridgehead atoms. The van der Waals surface area contributed by atoms with Gasteiger partial charge >= 0.3 is 6.03 Å². The first-order valence-corrected chi connectivity index (χ1v) is 10.9. The maximum atomic E-state index is 13.1. The maximum Gasteiger partial charge on any atom is 0.321 e. The summed E-state index contributed by atoms with van der Waals surface area (Å²) in [6.45, 7) is 3.95. The van der Waals surface area contributed by atoms with E-state index in [2.05, 4.69) is 5.32 Å². The van der Waals surface area contributed by atoms with Gasteiger partial charge in [-0.1, -0.05) is 12.1 Å².